The Morgan fingerprint density at radius 2 is 1.25 bits per heavy atom. The minimum absolute atomic E-state index is 1.29. The summed E-state index contributed by atoms with van der Waals surface area (Å²) in [5.41, 5.74) is 0. The van der Waals surface area contributed by atoms with Crippen LogP contribution in [-0.2, 0) is 11.8 Å². The first kappa shape index (κ1) is 17.0. The molecule has 20 heavy (non-hydrogen) atoms. The van der Waals surface area contributed by atoms with E-state index in [-0.39, 0.29) is 0 Å². The summed E-state index contributed by atoms with van der Waals surface area (Å²) < 4.78 is 39.0. The summed E-state index contributed by atoms with van der Waals surface area (Å²) in [5.74, 6) is 0. The van der Waals surface area contributed by atoms with Crippen molar-refractivity contribution in [3.05, 3.63) is 54.6 Å². The Kier molecular flexibility index (Phi) is 7.02. The summed E-state index contributed by atoms with van der Waals surface area (Å²) in [4.78, 5) is 3.96. The van der Waals surface area contributed by atoms with Gasteiger partial charge in [0.15, 0.2) is 4.90 Å². The smallest absolute Gasteiger partial charge is 0.418 e. The Morgan fingerprint density at radius 3 is 1.70 bits per heavy atom. The molecule has 0 nitrogen and oxygen atoms in total. The van der Waals surface area contributed by atoms with Gasteiger partial charge in [0.1, 0.15) is 6.26 Å². The van der Waals surface area contributed by atoms with Gasteiger partial charge in [-0.25, -0.2) is 0 Å². The van der Waals surface area contributed by atoms with Gasteiger partial charge in [-0.2, -0.15) is 0 Å². The van der Waals surface area contributed by atoms with Crippen molar-refractivity contribution in [2.24, 2.45) is 0 Å². The highest BCUT2D eigenvalue weighted by molar-refractivity contribution is 7.99. The molecule has 0 aliphatic heterocycles. The first-order chi connectivity index (χ1) is 9.38. The van der Waals surface area contributed by atoms with Gasteiger partial charge in [0, 0.05) is 21.6 Å². The molecule has 108 valence electrons. The molecule has 0 bridgehead atoms. The fraction of sp³-hybridized carbons (Fsp3) is 0.0769. The molecular formula is C13H13BF4S2. The van der Waals surface area contributed by atoms with Crippen molar-refractivity contribution >= 4 is 30.8 Å². The van der Waals surface area contributed by atoms with Crippen LogP contribution in [-0.4, -0.2) is 13.5 Å². The summed E-state index contributed by atoms with van der Waals surface area (Å²) in [6.45, 7) is 0. The number of hydrogen-bond donors (Lipinski definition) is 0. The van der Waals surface area contributed by atoms with Crippen LogP contribution in [0.1, 0.15) is 0 Å². The Labute approximate surface area is 124 Å². The molecule has 0 heterocycles. The first-order valence-electron chi connectivity index (χ1n) is 5.68. The highest BCUT2D eigenvalue weighted by atomic mass is 32.2. The zero-order valence-corrected chi connectivity index (χ0v) is 12.4. The second-order valence-electron chi connectivity index (χ2n) is 3.63. The van der Waals surface area contributed by atoms with Crippen LogP contribution < -0.4 is 0 Å². The van der Waals surface area contributed by atoms with E-state index in [2.05, 4.69) is 54.8 Å². The van der Waals surface area contributed by atoms with Gasteiger partial charge < -0.3 is 17.3 Å². The number of rotatable bonds is 3. The lowest BCUT2D eigenvalue weighted by atomic mass is 10.3. The zero-order chi connectivity index (χ0) is 15.0. The molecule has 0 spiro atoms. The quantitative estimate of drug-likeness (QED) is 0.334. The lowest BCUT2D eigenvalue weighted by Gasteiger charge is -2.00. The second kappa shape index (κ2) is 8.27. The van der Waals surface area contributed by atoms with E-state index in [4.69, 9.17) is 0 Å². The fourth-order valence-corrected chi connectivity index (χ4v) is 2.57. The molecular weight excluding hydrogens is 307 g/mol. The van der Waals surface area contributed by atoms with Crippen LogP contribution in [0.25, 0.3) is 0 Å². The Hall–Kier alpha value is -1.08. The summed E-state index contributed by atoms with van der Waals surface area (Å²) in [6.07, 6.45) is 2.15. The summed E-state index contributed by atoms with van der Waals surface area (Å²) >= 11 is 3.13. The Morgan fingerprint density at radius 1 is 0.800 bits per heavy atom. The predicted molar refractivity (Wildman–Crippen MR) is 80.1 cm³/mol. The van der Waals surface area contributed by atoms with E-state index >= 15 is 0 Å². The third-order valence-electron chi connectivity index (χ3n) is 2.07. The molecule has 0 aliphatic carbocycles. The average Bonchev–Trinajstić information content (AvgIpc) is 2.39. The van der Waals surface area contributed by atoms with Crippen molar-refractivity contribution in [1.29, 1.82) is 0 Å². The molecule has 2 aromatic rings. The van der Waals surface area contributed by atoms with E-state index in [1.165, 1.54) is 26.4 Å². The Balaban J connectivity index is 0.000000347. The summed E-state index contributed by atoms with van der Waals surface area (Å²) in [6, 6.07) is 19.2. The van der Waals surface area contributed by atoms with E-state index in [1.54, 1.807) is 11.8 Å². The van der Waals surface area contributed by atoms with Crippen molar-refractivity contribution in [2.75, 3.05) is 6.26 Å². The van der Waals surface area contributed by atoms with Crippen molar-refractivity contribution in [1.82, 2.24) is 0 Å². The van der Waals surface area contributed by atoms with Gasteiger partial charge in [-0.3, -0.25) is 0 Å². The molecule has 2 aromatic carbocycles. The average molecular weight is 320 g/mol. The van der Waals surface area contributed by atoms with Crippen LogP contribution >= 0.6 is 11.8 Å². The van der Waals surface area contributed by atoms with Crippen molar-refractivity contribution in [3.63, 3.8) is 0 Å². The lowest BCUT2D eigenvalue weighted by molar-refractivity contribution is 0.368. The topological polar surface area (TPSA) is 0 Å². The first-order valence-corrected chi connectivity index (χ1v) is 7.84. The van der Waals surface area contributed by atoms with Gasteiger partial charge in [0.25, 0.3) is 0 Å². The third-order valence-corrected chi connectivity index (χ3v) is 3.90. The van der Waals surface area contributed by atoms with Crippen LogP contribution in [0, 0.1) is 0 Å². The van der Waals surface area contributed by atoms with Crippen molar-refractivity contribution in [2.45, 2.75) is 14.7 Å². The van der Waals surface area contributed by atoms with Gasteiger partial charge in [0.2, 0.25) is 0 Å². The maximum absolute atomic E-state index is 9.75. The van der Waals surface area contributed by atoms with Gasteiger partial charge in [-0.1, -0.05) is 30.0 Å². The monoisotopic (exact) mass is 320 g/mol. The van der Waals surface area contributed by atoms with Crippen molar-refractivity contribution in [3.8, 4) is 0 Å². The minimum Gasteiger partial charge on any atom is -0.418 e. The van der Waals surface area contributed by atoms with Gasteiger partial charge >= 0.3 is 7.25 Å². The van der Waals surface area contributed by atoms with Gasteiger partial charge in [-0.05, 0) is 36.4 Å². The summed E-state index contributed by atoms with van der Waals surface area (Å²) in [7, 11) is -6.00. The lowest BCUT2D eigenvalue weighted by Crippen LogP contribution is -2.02. The van der Waals surface area contributed by atoms with E-state index in [0.29, 0.717) is 0 Å². The summed E-state index contributed by atoms with van der Waals surface area (Å²) in [5, 5.41) is 0. The molecule has 2 rings (SSSR count). The maximum atomic E-state index is 9.75. The molecule has 0 amide bonds. The molecule has 0 saturated carbocycles. The highest BCUT2D eigenvalue weighted by Crippen LogP contribution is 2.27. The molecule has 0 radical (unpaired) electrons. The fourth-order valence-electron chi connectivity index (χ4n) is 1.29. The number of hydrogen-bond acceptors (Lipinski definition) is 1. The van der Waals surface area contributed by atoms with Crippen LogP contribution in [0.5, 0.6) is 0 Å². The van der Waals surface area contributed by atoms with E-state index in [1.807, 2.05) is 6.07 Å². The van der Waals surface area contributed by atoms with E-state index < -0.39 is 7.25 Å². The second-order valence-corrected chi connectivity index (χ2v) is 5.74. The predicted octanol–water partition coefficient (Wildman–Crippen LogP) is 4.94. The molecule has 0 unspecified atom stereocenters. The highest BCUT2D eigenvalue weighted by Gasteiger charge is 2.20. The normalized spacial score (nSPS) is 10.7. The molecule has 0 aliphatic rings. The van der Waals surface area contributed by atoms with E-state index in [0.717, 1.165) is 0 Å². The van der Waals surface area contributed by atoms with Gasteiger partial charge in [0.05, 0.1) is 0 Å². The van der Waals surface area contributed by atoms with Crippen LogP contribution in [0.3, 0.4) is 0 Å². The SMILES string of the molecule is C[SH+]c1ccc(Sc2ccccc2)cc1.F[B-](F)(F)F. The minimum atomic E-state index is -6.00. The Bertz CT molecular complexity index is 494. The zero-order valence-electron chi connectivity index (χ0n) is 10.6. The number of benzene rings is 2. The molecule has 0 N–H and O–H groups in total. The standard InChI is InChI=1S/C13H12S2.BF4/c1-14-11-7-9-13(10-8-11)15-12-5-3-2-4-6-12;2-1(3,4)5/h2-10H,1H3;/q;-1/p+1. The van der Waals surface area contributed by atoms with E-state index in [9.17, 15) is 17.3 Å². The molecule has 0 fully saturated rings. The van der Waals surface area contributed by atoms with Crippen LogP contribution in [0.4, 0.5) is 17.3 Å². The van der Waals surface area contributed by atoms with Gasteiger partial charge in [-0.15, -0.1) is 0 Å². The molecule has 0 aromatic heterocycles. The van der Waals surface area contributed by atoms with Crippen molar-refractivity contribution < 1.29 is 17.3 Å². The van der Waals surface area contributed by atoms with Crippen LogP contribution in [0.2, 0.25) is 0 Å². The third kappa shape index (κ3) is 8.17. The molecule has 0 saturated heterocycles. The number of thiol groups is 1. The maximum Gasteiger partial charge on any atom is 0.673 e. The molecule has 0 atom stereocenters. The number of halogens is 4. The molecule has 7 heteroatoms. The largest absolute Gasteiger partial charge is 0.673 e. The van der Waals surface area contributed by atoms with Crippen LogP contribution in [0.15, 0.2) is 69.3 Å².